The molecule has 0 saturated carbocycles. The molecule has 0 spiro atoms. The summed E-state index contributed by atoms with van der Waals surface area (Å²) in [6.45, 7) is 2.14. The van der Waals surface area contributed by atoms with E-state index in [1.807, 2.05) is 0 Å². The lowest BCUT2D eigenvalue weighted by molar-refractivity contribution is 0.605. The highest BCUT2D eigenvalue weighted by molar-refractivity contribution is 5.50. The number of rotatable bonds is 5. The molecule has 109 valence electrons. The van der Waals surface area contributed by atoms with Crippen molar-refractivity contribution >= 4 is 0 Å². The molecule has 0 saturated heterocycles. The molecule has 0 aliphatic heterocycles. The minimum absolute atomic E-state index is 0.126. The molecule has 0 heterocycles. The van der Waals surface area contributed by atoms with E-state index in [4.69, 9.17) is 0 Å². The Labute approximate surface area is 133 Å². The molecule has 0 aromatic heterocycles. The maximum atomic E-state index is 2.27. The zero-order valence-electron chi connectivity index (χ0n) is 12.9. The van der Waals surface area contributed by atoms with Crippen molar-refractivity contribution in [2.24, 2.45) is 0 Å². The van der Waals surface area contributed by atoms with E-state index >= 15 is 0 Å². The molecule has 0 amide bonds. The molecule has 3 rings (SSSR count). The second-order valence-corrected chi connectivity index (χ2v) is 5.62. The second kappa shape index (κ2) is 6.62. The average Bonchev–Trinajstić information content (AvgIpc) is 2.62. The fourth-order valence-electron chi connectivity index (χ4n) is 3.33. The highest BCUT2D eigenvalue weighted by atomic mass is 14.4. The van der Waals surface area contributed by atoms with Crippen LogP contribution in [-0.2, 0) is 5.41 Å². The summed E-state index contributed by atoms with van der Waals surface area (Å²) in [4.78, 5) is 0. The van der Waals surface area contributed by atoms with Gasteiger partial charge >= 0.3 is 0 Å². The van der Waals surface area contributed by atoms with Gasteiger partial charge in [-0.05, 0) is 29.5 Å². The lowest BCUT2D eigenvalue weighted by Gasteiger charge is -2.36. The van der Waals surface area contributed by atoms with Gasteiger partial charge in [0.2, 0.25) is 0 Å². The molecule has 0 aliphatic carbocycles. The zero-order chi connectivity index (χ0) is 15.3. The molecule has 0 bridgehead atoms. The number of hydrogen-bond donors (Lipinski definition) is 0. The molecule has 0 fully saturated rings. The molecule has 0 aliphatic rings. The van der Waals surface area contributed by atoms with Crippen LogP contribution in [0.1, 0.15) is 30.0 Å². The molecule has 0 atom stereocenters. The Kier molecular flexibility index (Phi) is 4.39. The Morgan fingerprint density at radius 1 is 0.591 bits per heavy atom. The van der Waals surface area contributed by atoms with Crippen molar-refractivity contribution in [2.75, 3.05) is 0 Å². The van der Waals surface area contributed by atoms with E-state index in [1.54, 1.807) is 0 Å². The van der Waals surface area contributed by atoms with E-state index < -0.39 is 0 Å². The summed E-state index contributed by atoms with van der Waals surface area (Å²) in [5.41, 5.74) is 3.89. The first-order valence-corrected chi connectivity index (χ1v) is 7.82. The third-order valence-corrected chi connectivity index (χ3v) is 4.31. The topological polar surface area (TPSA) is 0 Å². The molecular formula is C22H21. The number of hydrogen-bond acceptors (Lipinski definition) is 0. The number of benzene rings is 3. The van der Waals surface area contributed by atoms with Crippen molar-refractivity contribution < 1.29 is 0 Å². The van der Waals surface area contributed by atoms with Gasteiger partial charge in [-0.1, -0.05) is 97.9 Å². The van der Waals surface area contributed by atoms with Crippen LogP contribution in [0.2, 0.25) is 0 Å². The van der Waals surface area contributed by atoms with Crippen LogP contribution < -0.4 is 0 Å². The van der Waals surface area contributed by atoms with Crippen molar-refractivity contribution in [1.29, 1.82) is 0 Å². The zero-order valence-corrected chi connectivity index (χ0v) is 12.9. The summed E-state index contributed by atoms with van der Waals surface area (Å²) in [7, 11) is 0. The molecule has 22 heavy (non-hydrogen) atoms. The minimum atomic E-state index is -0.126. The van der Waals surface area contributed by atoms with Gasteiger partial charge in [-0.2, -0.15) is 0 Å². The first kappa shape index (κ1) is 14.6. The highest BCUT2D eigenvalue weighted by Gasteiger charge is 2.34. The van der Waals surface area contributed by atoms with Gasteiger partial charge < -0.3 is 0 Å². The maximum Gasteiger partial charge on any atom is 0.0454 e. The fourth-order valence-corrected chi connectivity index (χ4v) is 3.33. The summed E-state index contributed by atoms with van der Waals surface area (Å²) < 4.78 is 0. The predicted octanol–water partition coefficient (Wildman–Crippen LogP) is 5.64. The monoisotopic (exact) mass is 285 g/mol. The smallest absolute Gasteiger partial charge is 0.0454 e. The van der Waals surface area contributed by atoms with Crippen LogP contribution in [0, 0.1) is 6.42 Å². The lowest BCUT2D eigenvalue weighted by atomic mass is 9.67. The molecule has 0 unspecified atom stereocenters. The van der Waals surface area contributed by atoms with Gasteiger partial charge in [-0.25, -0.2) is 0 Å². The predicted molar refractivity (Wildman–Crippen MR) is 93.8 cm³/mol. The van der Waals surface area contributed by atoms with Gasteiger partial charge in [0.25, 0.3) is 0 Å². The van der Waals surface area contributed by atoms with E-state index in [2.05, 4.69) is 104 Å². The Morgan fingerprint density at radius 2 is 0.909 bits per heavy atom. The van der Waals surface area contributed by atoms with Crippen LogP contribution in [0.4, 0.5) is 0 Å². The molecule has 3 aromatic rings. The lowest BCUT2D eigenvalue weighted by Crippen LogP contribution is -2.29. The van der Waals surface area contributed by atoms with Crippen LogP contribution in [0.5, 0.6) is 0 Å². The van der Waals surface area contributed by atoms with Crippen LogP contribution in [0.3, 0.4) is 0 Å². The van der Waals surface area contributed by atoms with E-state index in [9.17, 15) is 0 Å². The van der Waals surface area contributed by atoms with Crippen molar-refractivity contribution in [1.82, 2.24) is 0 Å². The van der Waals surface area contributed by atoms with Crippen molar-refractivity contribution in [3.63, 3.8) is 0 Å². The van der Waals surface area contributed by atoms with E-state index in [1.165, 1.54) is 16.7 Å². The SMILES string of the molecule is C[CH]CC(c1ccccc1)(c1ccccc1)c1ccccc1. The van der Waals surface area contributed by atoms with E-state index in [0.717, 1.165) is 6.42 Å². The van der Waals surface area contributed by atoms with Crippen LogP contribution in [-0.4, -0.2) is 0 Å². The summed E-state index contributed by atoms with van der Waals surface area (Å²) in [6, 6.07) is 32.5. The summed E-state index contributed by atoms with van der Waals surface area (Å²) in [6.07, 6.45) is 3.25. The third kappa shape index (κ3) is 2.57. The average molecular weight is 285 g/mol. The van der Waals surface area contributed by atoms with Gasteiger partial charge in [0.05, 0.1) is 0 Å². The molecular weight excluding hydrogens is 264 g/mol. The first-order valence-electron chi connectivity index (χ1n) is 7.82. The van der Waals surface area contributed by atoms with Gasteiger partial charge in [-0.3, -0.25) is 0 Å². The van der Waals surface area contributed by atoms with Gasteiger partial charge in [0.15, 0.2) is 0 Å². The largest absolute Gasteiger partial charge is 0.0622 e. The quantitative estimate of drug-likeness (QED) is 0.532. The maximum absolute atomic E-state index is 2.27. The standard InChI is InChI=1S/C22H21/c1-2-18-22(19-12-6-3-7-13-19,20-14-8-4-9-15-20)21-16-10-5-11-17-21/h2-17H,18H2,1H3. The van der Waals surface area contributed by atoms with Crippen LogP contribution in [0.25, 0.3) is 0 Å². The van der Waals surface area contributed by atoms with Crippen molar-refractivity contribution in [3.8, 4) is 0 Å². The second-order valence-electron chi connectivity index (χ2n) is 5.62. The molecule has 0 heteroatoms. The Bertz CT molecular complexity index is 587. The highest BCUT2D eigenvalue weighted by Crippen LogP contribution is 2.42. The first-order chi connectivity index (χ1) is 10.9. The fraction of sp³-hybridized carbons (Fsp3) is 0.136. The summed E-state index contributed by atoms with van der Waals surface area (Å²) in [5.74, 6) is 0. The molecule has 0 nitrogen and oxygen atoms in total. The molecule has 0 N–H and O–H groups in total. The van der Waals surface area contributed by atoms with Crippen LogP contribution >= 0.6 is 0 Å². The van der Waals surface area contributed by atoms with Crippen molar-refractivity contribution in [2.45, 2.75) is 18.8 Å². The van der Waals surface area contributed by atoms with Gasteiger partial charge in [0, 0.05) is 5.41 Å². The molecule has 3 aromatic carbocycles. The van der Waals surface area contributed by atoms with E-state index in [-0.39, 0.29) is 5.41 Å². The Balaban J connectivity index is 2.29. The normalized spacial score (nSPS) is 11.3. The van der Waals surface area contributed by atoms with E-state index in [0.29, 0.717) is 0 Å². The Hall–Kier alpha value is -2.34. The third-order valence-electron chi connectivity index (χ3n) is 4.31. The van der Waals surface area contributed by atoms with Crippen LogP contribution in [0.15, 0.2) is 91.0 Å². The van der Waals surface area contributed by atoms with Gasteiger partial charge in [-0.15, -0.1) is 0 Å². The van der Waals surface area contributed by atoms with Gasteiger partial charge in [0.1, 0.15) is 0 Å². The summed E-state index contributed by atoms with van der Waals surface area (Å²) in [5, 5.41) is 0. The Morgan fingerprint density at radius 3 is 1.18 bits per heavy atom. The minimum Gasteiger partial charge on any atom is -0.0622 e. The molecule has 1 radical (unpaired) electrons. The van der Waals surface area contributed by atoms with Crippen molar-refractivity contribution in [3.05, 3.63) is 114 Å². The summed E-state index contributed by atoms with van der Waals surface area (Å²) >= 11 is 0.